The predicted octanol–water partition coefficient (Wildman–Crippen LogP) is 2.90. The van der Waals surface area contributed by atoms with Crippen molar-refractivity contribution in [3.8, 4) is 0 Å². The Hall–Kier alpha value is -3.30. The van der Waals surface area contributed by atoms with Gasteiger partial charge in [0.2, 0.25) is 0 Å². The molecule has 0 bridgehead atoms. The Morgan fingerprint density at radius 1 is 1.32 bits per heavy atom. The number of aromatic nitrogens is 2. The Labute approximate surface area is 158 Å². The van der Waals surface area contributed by atoms with E-state index in [1.54, 1.807) is 24.1 Å². The molecule has 1 aliphatic rings. The van der Waals surface area contributed by atoms with Gasteiger partial charge < -0.3 is 16.0 Å². The number of hydrogen-bond acceptors (Lipinski definition) is 4. The molecule has 0 unspecified atom stereocenters. The molecule has 3 rings (SSSR count). The van der Waals surface area contributed by atoms with Crippen molar-refractivity contribution < 1.29 is 22.8 Å². The van der Waals surface area contributed by atoms with Crippen molar-refractivity contribution in [3.05, 3.63) is 47.4 Å². The highest BCUT2D eigenvalue weighted by atomic mass is 19.4. The Bertz CT molecular complexity index is 962. The van der Waals surface area contributed by atoms with E-state index in [2.05, 4.69) is 15.7 Å². The lowest BCUT2D eigenvalue weighted by molar-refractivity contribution is -0.123. The summed E-state index contributed by atoms with van der Waals surface area (Å²) in [5.74, 6) is -1.21. The van der Waals surface area contributed by atoms with Gasteiger partial charge in [0.1, 0.15) is 6.54 Å². The fourth-order valence-electron chi connectivity index (χ4n) is 2.88. The normalized spacial score (nSPS) is 15.1. The summed E-state index contributed by atoms with van der Waals surface area (Å²) in [6.07, 6.45) is -0.671. The van der Waals surface area contributed by atoms with Crippen LogP contribution in [0.3, 0.4) is 0 Å². The second-order valence-electron chi connectivity index (χ2n) is 6.25. The van der Waals surface area contributed by atoms with Gasteiger partial charge in [-0.05, 0) is 24.6 Å². The minimum Gasteiger partial charge on any atom is -0.356 e. The second-order valence-corrected chi connectivity index (χ2v) is 6.25. The fraction of sp³-hybridized carbons (Fsp3) is 0.278. The molecule has 10 heteroatoms. The molecule has 2 aromatic rings. The van der Waals surface area contributed by atoms with Gasteiger partial charge in [-0.2, -0.15) is 18.3 Å². The molecule has 0 aliphatic carbocycles. The average molecular weight is 393 g/mol. The molecular formula is C18H18F3N5O2. The summed E-state index contributed by atoms with van der Waals surface area (Å²) in [4.78, 5) is 24.5. The van der Waals surface area contributed by atoms with Crippen LogP contribution in [0.5, 0.6) is 0 Å². The van der Waals surface area contributed by atoms with Crippen molar-refractivity contribution >= 4 is 28.8 Å². The van der Waals surface area contributed by atoms with Gasteiger partial charge in [0.15, 0.2) is 0 Å². The van der Waals surface area contributed by atoms with Gasteiger partial charge in [0.05, 0.1) is 17.5 Å². The highest BCUT2D eigenvalue weighted by molar-refractivity contribution is 6.32. The lowest BCUT2D eigenvalue weighted by Crippen LogP contribution is -2.33. The molecule has 28 heavy (non-hydrogen) atoms. The number of allylic oxidation sites excluding steroid dienone is 1. The smallest absolute Gasteiger partial charge is 0.356 e. The maximum atomic E-state index is 12.5. The monoisotopic (exact) mass is 393 g/mol. The molecule has 1 aromatic carbocycles. The molecule has 0 spiro atoms. The minimum absolute atomic E-state index is 0.0360. The van der Waals surface area contributed by atoms with Crippen molar-refractivity contribution in [2.45, 2.75) is 19.5 Å². The Morgan fingerprint density at radius 2 is 2.07 bits per heavy atom. The summed E-state index contributed by atoms with van der Waals surface area (Å²) in [6, 6.07) is 4.28. The van der Waals surface area contributed by atoms with E-state index in [1.165, 1.54) is 18.2 Å². The summed E-state index contributed by atoms with van der Waals surface area (Å²) in [6.45, 7) is 0.433. The van der Waals surface area contributed by atoms with E-state index in [0.29, 0.717) is 34.6 Å². The molecule has 0 fully saturated rings. The number of amides is 2. The summed E-state index contributed by atoms with van der Waals surface area (Å²) in [5.41, 5.74) is 2.62. The second kappa shape index (κ2) is 7.37. The van der Waals surface area contributed by atoms with Gasteiger partial charge >= 0.3 is 6.18 Å². The third-order valence-electron chi connectivity index (χ3n) is 4.13. The van der Waals surface area contributed by atoms with Crippen LogP contribution in [0.4, 0.5) is 24.5 Å². The number of anilines is 2. The lowest BCUT2D eigenvalue weighted by atomic mass is 10.0. The van der Waals surface area contributed by atoms with E-state index < -0.39 is 18.6 Å². The number of alkyl halides is 3. The van der Waals surface area contributed by atoms with Crippen LogP contribution in [-0.2, 0) is 11.8 Å². The van der Waals surface area contributed by atoms with Crippen LogP contribution in [0.2, 0.25) is 0 Å². The van der Waals surface area contributed by atoms with Crippen LogP contribution in [0.1, 0.15) is 29.3 Å². The largest absolute Gasteiger partial charge is 0.405 e. The standard InChI is InChI=1S/C18H18F3N5O2/c1-3-13(24-11-7-23-26(2)8-11)15-12-6-10(4-5-14(12)25-17(15)28)16(27)22-9-18(19,20)21/h4-8,24H,3,9H2,1-2H3,(H,22,27)(H,25,28)/b15-13-. The van der Waals surface area contributed by atoms with Gasteiger partial charge in [-0.15, -0.1) is 0 Å². The maximum Gasteiger partial charge on any atom is 0.405 e. The third-order valence-corrected chi connectivity index (χ3v) is 4.13. The SMILES string of the molecule is CC/C(Nc1cnn(C)c1)=C1/C(=O)Nc2ccc(C(=O)NCC(F)(F)F)cc21. The number of aryl methyl sites for hydroxylation is 1. The average Bonchev–Trinajstić information content (AvgIpc) is 3.18. The topological polar surface area (TPSA) is 88.1 Å². The van der Waals surface area contributed by atoms with Gasteiger partial charge in [0, 0.05) is 35.8 Å². The van der Waals surface area contributed by atoms with E-state index in [4.69, 9.17) is 0 Å². The van der Waals surface area contributed by atoms with Crippen molar-refractivity contribution in [1.82, 2.24) is 15.1 Å². The first kappa shape index (κ1) is 19.5. The minimum atomic E-state index is -4.50. The van der Waals surface area contributed by atoms with Crippen LogP contribution < -0.4 is 16.0 Å². The Balaban J connectivity index is 1.93. The number of rotatable bonds is 5. The Kier molecular flexibility index (Phi) is 5.12. The first-order valence-corrected chi connectivity index (χ1v) is 8.47. The van der Waals surface area contributed by atoms with Gasteiger partial charge in [-0.3, -0.25) is 14.3 Å². The molecule has 1 aliphatic heterocycles. The molecule has 2 heterocycles. The summed E-state index contributed by atoms with van der Waals surface area (Å²) in [7, 11) is 1.76. The van der Waals surface area contributed by atoms with Gasteiger partial charge in [0.25, 0.3) is 11.8 Å². The predicted molar refractivity (Wildman–Crippen MR) is 97.5 cm³/mol. The van der Waals surface area contributed by atoms with Crippen molar-refractivity contribution in [2.24, 2.45) is 7.05 Å². The molecule has 0 saturated heterocycles. The summed E-state index contributed by atoms with van der Waals surface area (Å²) >= 11 is 0. The van der Waals surface area contributed by atoms with Crippen LogP contribution in [0.15, 0.2) is 36.3 Å². The highest BCUT2D eigenvalue weighted by Crippen LogP contribution is 2.35. The number of carbonyl (C=O) groups excluding carboxylic acids is 2. The molecular weight excluding hydrogens is 375 g/mol. The quantitative estimate of drug-likeness (QED) is 0.682. The number of fused-ring (bicyclic) bond motifs is 1. The zero-order valence-corrected chi connectivity index (χ0v) is 15.1. The first-order valence-electron chi connectivity index (χ1n) is 8.47. The van der Waals surface area contributed by atoms with E-state index in [0.717, 1.165) is 0 Å². The fourth-order valence-corrected chi connectivity index (χ4v) is 2.88. The first-order chi connectivity index (χ1) is 13.2. The van der Waals surface area contributed by atoms with E-state index in [9.17, 15) is 22.8 Å². The van der Waals surface area contributed by atoms with E-state index in [1.807, 2.05) is 12.2 Å². The van der Waals surface area contributed by atoms with Crippen LogP contribution in [0.25, 0.3) is 5.57 Å². The van der Waals surface area contributed by atoms with Crippen LogP contribution in [0, 0.1) is 0 Å². The summed E-state index contributed by atoms with van der Waals surface area (Å²) < 4.78 is 38.6. The molecule has 7 nitrogen and oxygen atoms in total. The van der Waals surface area contributed by atoms with Crippen LogP contribution >= 0.6 is 0 Å². The molecule has 148 valence electrons. The van der Waals surface area contributed by atoms with Gasteiger partial charge in [-0.25, -0.2) is 0 Å². The number of benzene rings is 1. The zero-order chi connectivity index (χ0) is 20.5. The van der Waals surface area contributed by atoms with Crippen molar-refractivity contribution in [3.63, 3.8) is 0 Å². The van der Waals surface area contributed by atoms with Crippen molar-refractivity contribution in [1.29, 1.82) is 0 Å². The maximum absolute atomic E-state index is 12.5. The third kappa shape index (κ3) is 4.16. The number of hydrogen-bond donors (Lipinski definition) is 3. The van der Waals surface area contributed by atoms with E-state index in [-0.39, 0.29) is 11.5 Å². The zero-order valence-electron chi connectivity index (χ0n) is 15.1. The molecule has 0 atom stereocenters. The lowest BCUT2D eigenvalue weighted by Gasteiger charge is -2.12. The number of nitrogens with one attached hydrogen (secondary N) is 3. The Morgan fingerprint density at radius 3 is 2.68 bits per heavy atom. The van der Waals surface area contributed by atoms with E-state index >= 15 is 0 Å². The van der Waals surface area contributed by atoms with Gasteiger partial charge in [-0.1, -0.05) is 6.92 Å². The highest BCUT2D eigenvalue weighted by Gasteiger charge is 2.30. The number of carbonyl (C=O) groups is 2. The molecule has 2 amide bonds. The number of nitrogens with zero attached hydrogens (tertiary/aromatic N) is 2. The van der Waals surface area contributed by atoms with Crippen LogP contribution in [-0.4, -0.2) is 34.3 Å². The molecule has 3 N–H and O–H groups in total. The molecule has 0 radical (unpaired) electrons. The molecule has 1 aromatic heterocycles. The number of halogens is 3. The molecule has 0 saturated carbocycles. The van der Waals surface area contributed by atoms with Crippen molar-refractivity contribution in [2.75, 3.05) is 17.2 Å². The summed E-state index contributed by atoms with van der Waals surface area (Å²) in [5, 5.41) is 11.7.